The number of hydrogen-bond donors (Lipinski definition) is 1. The van der Waals surface area contributed by atoms with Gasteiger partial charge >= 0.3 is 6.09 Å². The van der Waals surface area contributed by atoms with Crippen LogP contribution in [0.4, 0.5) is 4.79 Å². The van der Waals surface area contributed by atoms with Crippen LogP contribution < -0.4 is 0 Å². The first kappa shape index (κ1) is 20.2. The molecule has 1 saturated heterocycles. The zero-order valence-electron chi connectivity index (χ0n) is 17.9. The maximum Gasteiger partial charge on any atom is 0.411 e. The molecule has 2 atom stereocenters. The van der Waals surface area contributed by atoms with Gasteiger partial charge in [0.05, 0.1) is 17.1 Å². The van der Waals surface area contributed by atoms with Crippen molar-refractivity contribution in [3.63, 3.8) is 0 Å². The summed E-state index contributed by atoms with van der Waals surface area (Å²) >= 11 is 0. The number of allylic oxidation sites excluding steroid dienone is 4. The second-order valence-electron chi connectivity index (χ2n) is 8.48. The van der Waals surface area contributed by atoms with Gasteiger partial charge in [0, 0.05) is 18.4 Å². The molecule has 1 N–H and O–H groups in total. The SMILES string of the molecule is C=C/C=C(\C=C/C)C1N(C2CC=C(c3cnc4cc[nH]c4c3)CC2)C(=O)OC1(C)C. The van der Waals surface area contributed by atoms with Crippen LogP contribution in [0.15, 0.2) is 67.1 Å². The lowest BCUT2D eigenvalue weighted by molar-refractivity contribution is 0.0751. The first-order chi connectivity index (χ1) is 14.4. The highest BCUT2D eigenvalue weighted by atomic mass is 16.6. The third kappa shape index (κ3) is 3.60. The van der Waals surface area contributed by atoms with Gasteiger partial charge in [0.1, 0.15) is 5.60 Å². The van der Waals surface area contributed by atoms with Crippen molar-refractivity contribution < 1.29 is 9.53 Å². The van der Waals surface area contributed by atoms with E-state index in [1.807, 2.05) is 62.4 Å². The molecule has 5 heteroatoms. The van der Waals surface area contributed by atoms with Crippen LogP contribution in [0.2, 0.25) is 0 Å². The van der Waals surface area contributed by atoms with Crippen molar-refractivity contribution in [3.8, 4) is 0 Å². The van der Waals surface area contributed by atoms with Gasteiger partial charge in [-0.2, -0.15) is 0 Å². The Morgan fingerprint density at radius 1 is 1.43 bits per heavy atom. The van der Waals surface area contributed by atoms with Crippen LogP contribution in [0.5, 0.6) is 0 Å². The van der Waals surface area contributed by atoms with Gasteiger partial charge < -0.3 is 9.72 Å². The van der Waals surface area contributed by atoms with Crippen LogP contribution in [0, 0.1) is 0 Å². The molecule has 1 fully saturated rings. The van der Waals surface area contributed by atoms with Gasteiger partial charge in [-0.05, 0) is 68.9 Å². The van der Waals surface area contributed by atoms with Gasteiger partial charge in [-0.3, -0.25) is 9.88 Å². The summed E-state index contributed by atoms with van der Waals surface area (Å²) in [6, 6.07) is 4.09. The van der Waals surface area contributed by atoms with Gasteiger partial charge in [0.25, 0.3) is 0 Å². The Morgan fingerprint density at radius 3 is 2.97 bits per heavy atom. The van der Waals surface area contributed by atoms with E-state index in [0.717, 1.165) is 41.4 Å². The Balaban J connectivity index is 1.60. The lowest BCUT2D eigenvalue weighted by atomic mass is 9.86. The number of ether oxygens (including phenoxy) is 1. The summed E-state index contributed by atoms with van der Waals surface area (Å²) in [5.74, 6) is 0. The number of aromatic nitrogens is 2. The molecular formula is C25H29N3O2. The molecule has 5 nitrogen and oxygen atoms in total. The van der Waals surface area contributed by atoms with Gasteiger partial charge in [-0.15, -0.1) is 0 Å². The number of cyclic esters (lactones) is 1. The predicted molar refractivity (Wildman–Crippen MR) is 121 cm³/mol. The smallest absolute Gasteiger partial charge is 0.411 e. The van der Waals surface area contributed by atoms with Crippen molar-refractivity contribution in [1.29, 1.82) is 0 Å². The van der Waals surface area contributed by atoms with E-state index >= 15 is 0 Å². The molecule has 2 aromatic rings. The first-order valence-electron chi connectivity index (χ1n) is 10.5. The zero-order valence-corrected chi connectivity index (χ0v) is 17.9. The number of fused-ring (bicyclic) bond motifs is 1. The Hall–Kier alpha value is -3.08. The van der Waals surface area contributed by atoms with E-state index in [4.69, 9.17) is 4.74 Å². The van der Waals surface area contributed by atoms with Gasteiger partial charge in [0.15, 0.2) is 0 Å². The molecule has 1 aliphatic carbocycles. The molecule has 0 radical (unpaired) electrons. The number of nitrogens with zero attached hydrogens (tertiary/aromatic N) is 2. The zero-order chi connectivity index (χ0) is 21.3. The van der Waals surface area contributed by atoms with E-state index in [9.17, 15) is 4.79 Å². The minimum absolute atomic E-state index is 0.105. The number of carbonyl (C=O) groups is 1. The largest absolute Gasteiger partial charge is 0.441 e. The van der Waals surface area contributed by atoms with Crippen LogP contribution in [0.3, 0.4) is 0 Å². The Bertz CT molecular complexity index is 1060. The van der Waals surface area contributed by atoms with Crippen LogP contribution >= 0.6 is 0 Å². The van der Waals surface area contributed by atoms with E-state index in [0.29, 0.717) is 0 Å². The first-order valence-corrected chi connectivity index (χ1v) is 10.5. The van der Waals surface area contributed by atoms with Crippen LogP contribution in [0.1, 0.15) is 45.6 Å². The Labute approximate surface area is 177 Å². The normalized spacial score (nSPS) is 24.4. The number of carbonyl (C=O) groups excluding carboxylic acids is 1. The van der Waals surface area contributed by atoms with Crippen molar-refractivity contribution in [2.75, 3.05) is 0 Å². The average molecular weight is 404 g/mol. The third-order valence-corrected chi connectivity index (χ3v) is 6.03. The van der Waals surface area contributed by atoms with Crippen LogP contribution in [-0.2, 0) is 4.74 Å². The van der Waals surface area contributed by atoms with Crippen molar-refractivity contribution in [2.45, 2.75) is 57.7 Å². The molecule has 0 bridgehead atoms. The lowest BCUT2D eigenvalue weighted by Gasteiger charge is -2.36. The molecule has 2 unspecified atom stereocenters. The second-order valence-corrected chi connectivity index (χ2v) is 8.48. The summed E-state index contributed by atoms with van der Waals surface area (Å²) in [5, 5.41) is 0. The highest BCUT2D eigenvalue weighted by molar-refractivity contribution is 5.80. The molecule has 1 aliphatic heterocycles. The standard InChI is InChI=1S/C25H29N3O2/c1-5-7-18(8-6-2)23-25(3,4)30-24(29)28(23)20-11-9-17(10-12-20)19-15-22-21(27-16-19)13-14-26-22/h5-9,13-16,20,23,26H,1,10-12H2,2-4H3/b8-6-,18-7+. The molecule has 30 heavy (non-hydrogen) atoms. The summed E-state index contributed by atoms with van der Waals surface area (Å²) < 4.78 is 5.79. The van der Waals surface area contributed by atoms with E-state index in [1.165, 1.54) is 5.57 Å². The number of rotatable bonds is 5. The number of pyridine rings is 1. The van der Waals surface area contributed by atoms with Crippen molar-refractivity contribution in [1.82, 2.24) is 14.9 Å². The van der Waals surface area contributed by atoms with Crippen molar-refractivity contribution >= 4 is 22.7 Å². The topological polar surface area (TPSA) is 58.2 Å². The van der Waals surface area contributed by atoms with Crippen molar-refractivity contribution in [3.05, 3.63) is 72.6 Å². The van der Waals surface area contributed by atoms with Crippen molar-refractivity contribution in [2.24, 2.45) is 0 Å². The number of aromatic amines is 1. The minimum Gasteiger partial charge on any atom is -0.441 e. The van der Waals surface area contributed by atoms with Crippen LogP contribution in [-0.4, -0.2) is 38.6 Å². The number of nitrogens with one attached hydrogen (secondary N) is 1. The third-order valence-electron chi connectivity index (χ3n) is 6.03. The van der Waals surface area contributed by atoms with Gasteiger partial charge in [-0.1, -0.05) is 37.0 Å². The highest BCUT2D eigenvalue weighted by Crippen LogP contribution is 2.40. The molecule has 4 rings (SSSR count). The van der Waals surface area contributed by atoms with E-state index in [-0.39, 0.29) is 18.2 Å². The maximum atomic E-state index is 12.9. The van der Waals surface area contributed by atoms with Gasteiger partial charge in [0.2, 0.25) is 0 Å². The maximum absolute atomic E-state index is 12.9. The van der Waals surface area contributed by atoms with Crippen LogP contribution in [0.25, 0.3) is 16.6 Å². The van der Waals surface area contributed by atoms with E-state index in [2.05, 4.69) is 28.7 Å². The fourth-order valence-electron chi connectivity index (χ4n) is 4.71. The molecule has 3 heterocycles. The van der Waals surface area contributed by atoms with Gasteiger partial charge in [-0.25, -0.2) is 4.79 Å². The number of H-pyrrole nitrogens is 1. The molecule has 2 aromatic heterocycles. The number of amides is 1. The molecule has 1 amide bonds. The molecule has 156 valence electrons. The second kappa shape index (κ2) is 7.98. The molecular weight excluding hydrogens is 374 g/mol. The quantitative estimate of drug-likeness (QED) is 0.643. The summed E-state index contributed by atoms with van der Waals surface area (Å²) in [4.78, 5) is 22.6. The molecule has 0 spiro atoms. The summed E-state index contributed by atoms with van der Waals surface area (Å²) in [6.07, 6.45) is 16.3. The summed E-state index contributed by atoms with van der Waals surface area (Å²) in [7, 11) is 0. The molecule has 0 saturated carbocycles. The summed E-state index contributed by atoms with van der Waals surface area (Å²) in [6.45, 7) is 9.80. The van der Waals surface area contributed by atoms with E-state index in [1.54, 1.807) is 6.08 Å². The predicted octanol–water partition coefficient (Wildman–Crippen LogP) is 5.79. The fourth-order valence-corrected chi connectivity index (χ4v) is 4.71. The lowest BCUT2D eigenvalue weighted by Crippen LogP contribution is -2.48. The van der Waals surface area contributed by atoms with E-state index < -0.39 is 5.60 Å². The Morgan fingerprint density at radius 2 is 2.27 bits per heavy atom. The summed E-state index contributed by atoms with van der Waals surface area (Å²) in [5.41, 5.74) is 4.89. The molecule has 2 aliphatic rings. The molecule has 0 aromatic carbocycles. The Kier molecular flexibility index (Phi) is 5.37. The highest BCUT2D eigenvalue weighted by Gasteiger charge is 2.51. The fraction of sp³-hybridized carbons (Fsp3) is 0.360. The average Bonchev–Trinajstić information content (AvgIpc) is 3.28. The minimum atomic E-state index is -0.599. The number of hydrogen-bond acceptors (Lipinski definition) is 3. The monoisotopic (exact) mass is 403 g/mol.